The zero-order valence-electron chi connectivity index (χ0n) is 15.3. The molecule has 0 amide bonds. The van der Waals surface area contributed by atoms with Crippen molar-refractivity contribution in [1.29, 1.82) is 0 Å². The van der Waals surface area contributed by atoms with Crippen molar-refractivity contribution in [2.45, 2.75) is 59.4 Å². The van der Waals surface area contributed by atoms with Crippen LogP contribution in [0.25, 0.3) is 0 Å². The molecule has 1 fully saturated rings. The largest absolute Gasteiger partial charge is 0.353 e. The SMILES string of the molecule is CCC1CCCCN1c1cc(C)nc(Nc2cccc(C)c2C)n1. The zero-order valence-corrected chi connectivity index (χ0v) is 15.3. The average molecular weight is 324 g/mol. The minimum atomic E-state index is 0.599. The molecule has 0 spiro atoms. The van der Waals surface area contributed by atoms with Crippen LogP contribution in [0.5, 0.6) is 0 Å². The second-order valence-electron chi connectivity index (χ2n) is 6.81. The van der Waals surface area contributed by atoms with E-state index in [0.29, 0.717) is 12.0 Å². The summed E-state index contributed by atoms with van der Waals surface area (Å²) in [5.41, 5.74) is 4.61. The van der Waals surface area contributed by atoms with Gasteiger partial charge in [0.1, 0.15) is 5.82 Å². The van der Waals surface area contributed by atoms with Gasteiger partial charge in [0.2, 0.25) is 5.95 Å². The first-order valence-corrected chi connectivity index (χ1v) is 9.04. The van der Waals surface area contributed by atoms with Crippen molar-refractivity contribution in [2.75, 3.05) is 16.8 Å². The Morgan fingerprint density at radius 2 is 2.00 bits per heavy atom. The average Bonchev–Trinajstić information content (AvgIpc) is 2.58. The van der Waals surface area contributed by atoms with Gasteiger partial charge in [-0.05, 0) is 63.6 Å². The Bertz CT molecular complexity index is 711. The van der Waals surface area contributed by atoms with Gasteiger partial charge in [0.25, 0.3) is 0 Å². The summed E-state index contributed by atoms with van der Waals surface area (Å²) in [6.45, 7) is 9.67. The standard InChI is InChI=1S/C20H28N4/c1-5-17-10-6-7-12-24(17)19-13-15(3)21-20(23-19)22-18-11-8-9-14(2)16(18)4/h8-9,11,13,17H,5-7,10,12H2,1-4H3,(H,21,22,23). The Hall–Kier alpha value is -2.10. The summed E-state index contributed by atoms with van der Waals surface area (Å²) in [4.78, 5) is 11.9. The van der Waals surface area contributed by atoms with E-state index in [1.54, 1.807) is 0 Å². The summed E-state index contributed by atoms with van der Waals surface area (Å²) in [5.74, 6) is 1.75. The van der Waals surface area contributed by atoms with E-state index in [1.165, 1.54) is 36.8 Å². The highest BCUT2D eigenvalue weighted by molar-refractivity contribution is 5.61. The number of nitrogens with zero attached hydrogens (tertiary/aromatic N) is 3. The molecule has 24 heavy (non-hydrogen) atoms. The molecule has 3 rings (SSSR count). The van der Waals surface area contributed by atoms with E-state index in [1.807, 2.05) is 6.92 Å². The normalized spacial score (nSPS) is 17.8. The second kappa shape index (κ2) is 7.20. The van der Waals surface area contributed by atoms with Crippen LogP contribution >= 0.6 is 0 Å². The Kier molecular flexibility index (Phi) is 5.03. The third-order valence-electron chi connectivity index (χ3n) is 5.08. The van der Waals surface area contributed by atoms with Crippen molar-refractivity contribution < 1.29 is 0 Å². The number of nitrogens with one attached hydrogen (secondary N) is 1. The van der Waals surface area contributed by atoms with Gasteiger partial charge in [0.15, 0.2) is 0 Å². The quantitative estimate of drug-likeness (QED) is 0.867. The predicted octanol–water partition coefficient (Wildman–Crippen LogP) is 4.91. The van der Waals surface area contributed by atoms with Crippen LogP contribution in [0.4, 0.5) is 17.5 Å². The molecular formula is C20H28N4. The van der Waals surface area contributed by atoms with Crippen LogP contribution in [0.3, 0.4) is 0 Å². The molecule has 4 heteroatoms. The van der Waals surface area contributed by atoms with E-state index >= 15 is 0 Å². The Labute approximate surface area is 145 Å². The molecule has 0 saturated carbocycles. The van der Waals surface area contributed by atoms with Gasteiger partial charge in [-0.15, -0.1) is 0 Å². The third kappa shape index (κ3) is 3.53. The van der Waals surface area contributed by atoms with Gasteiger partial charge in [0.05, 0.1) is 0 Å². The number of rotatable bonds is 4. The minimum Gasteiger partial charge on any atom is -0.353 e. The van der Waals surface area contributed by atoms with Crippen LogP contribution in [-0.2, 0) is 0 Å². The first kappa shape index (κ1) is 16.7. The van der Waals surface area contributed by atoms with Crippen LogP contribution in [0.15, 0.2) is 24.3 Å². The summed E-state index contributed by atoms with van der Waals surface area (Å²) in [6.07, 6.45) is 5.01. The summed E-state index contributed by atoms with van der Waals surface area (Å²) in [7, 11) is 0. The highest BCUT2D eigenvalue weighted by Gasteiger charge is 2.22. The smallest absolute Gasteiger partial charge is 0.229 e. The molecule has 0 radical (unpaired) electrons. The fourth-order valence-corrected chi connectivity index (χ4v) is 3.49. The Morgan fingerprint density at radius 3 is 2.79 bits per heavy atom. The van der Waals surface area contributed by atoms with Crippen LogP contribution in [-0.4, -0.2) is 22.6 Å². The minimum absolute atomic E-state index is 0.599. The third-order valence-corrected chi connectivity index (χ3v) is 5.08. The van der Waals surface area contributed by atoms with E-state index in [0.717, 1.165) is 23.7 Å². The first-order chi connectivity index (χ1) is 11.6. The van der Waals surface area contributed by atoms with Crippen LogP contribution in [0.2, 0.25) is 0 Å². The number of hydrogen-bond acceptors (Lipinski definition) is 4. The number of hydrogen-bond donors (Lipinski definition) is 1. The van der Waals surface area contributed by atoms with Gasteiger partial charge in [-0.2, -0.15) is 4.98 Å². The van der Waals surface area contributed by atoms with E-state index in [9.17, 15) is 0 Å². The summed E-state index contributed by atoms with van der Waals surface area (Å²) in [6, 6.07) is 8.99. The summed E-state index contributed by atoms with van der Waals surface area (Å²) >= 11 is 0. The van der Waals surface area contributed by atoms with Gasteiger partial charge in [-0.25, -0.2) is 4.98 Å². The van der Waals surface area contributed by atoms with Crippen molar-refractivity contribution in [1.82, 2.24) is 9.97 Å². The first-order valence-electron chi connectivity index (χ1n) is 9.04. The van der Waals surface area contributed by atoms with Crippen molar-refractivity contribution >= 4 is 17.5 Å². The molecule has 4 nitrogen and oxygen atoms in total. The van der Waals surface area contributed by atoms with Crippen molar-refractivity contribution in [3.63, 3.8) is 0 Å². The van der Waals surface area contributed by atoms with Crippen LogP contribution < -0.4 is 10.2 Å². The maximum atomic E-state index is 4.83. The van der Waals surface area contributed by atoms with Crippen molar-refractivity contribution in [3.8, 4) is 0 Å². The molecule has 1 unspecified atom stereocenters. The number of aromatic nitrogens is 2. The maximum absolute atomic E-state index is 4.83. The molecule has 1 aromatic heterocycles. The molecule has 2 aromatic rings. The fraction of sp³-hybridized carbons (Fsp3) is 0.500. The summed E-state index contributed by atoms with van der Waals surface area (Å²) in [5, 5.41) is 3.42. The number of piperidine rings is 1. The van der Waals surface area contributed by atoms with Gasteiger partial charge >= 0.3 is 0 Å². The van der Waals surface area contributed by atoms with Gasteiger partial charge in [-0.1, -0.05) is 19.1 Å². The lowest BCUT2D eigenvalue weighted by Crippen LogP contribution is -2.39. The molecule has 1 atom stereocenters. The summed E-state index contributed by atoms with van der Waals surface area (Å²) < 4.78 is 0. The molecular weight excluding hydrogens is 296 g/mol. The monoisotopic (exact) mass is 324 g/mol. The highest BCUT2D eigenvalue weighted by Crippen LogP contribution is 2.27. The second-order valence-corrected chi connectivity index (χ2v) is 6.81. The lowest BCUT2D eigenvalue weighted by molar-refractivity contribution is 0.446. The van der Waals surface area contributed by atoms with E-state index < -0.39 is 0 Å². The molecule has 0 aliphatic carbocycles. The van der Waals surface area contributed by atoms with E-state index in [-0.39, 0.29) is 0 Å². The zero-order chi connectivity index (χ0) is 17.1. The molecule has 1 aromatic carbocycles. The maximum Gasteiger partial charge on any atom is 0.229 e. The van der Waals surface area contributed by atoms with Gasteiger partial charge in [0, 0.05) is 30.0 Å². The Balaban J connectivity index is 1.90. The predicted molar refractivity (Wildman–Crippen MR) is 101 cm³/mol. The molecule has 128 valence electrons. The number of anilines is 3. The lowest BCUT2D eigenvalue weighted by atomic mass is 10.00. The molecule has 1 N–H and O–H groups in total. The van der Waals surface area contributed by atoms with Gasteiger partial charge in [-0.3, -0.25) is 0 Å². The molecule has 1 aliphatic heterocycles. The van der Waals surface area contributed by atoms with Crippen LogP contribution in [0, 0.1) is 20.8 Å². The van der Waals surface area contributed by atoms with Gasteiger partial charge < -0.3 is 10.2 Å². The molecule has 1 saturated heterocycles. The van der Waals surface area contributed by atoms with E-state index in [4.69, 9.17) is 4.98 Å². The topological polar surface area (TPSA) is 41.1 Å². The van der Waals surface area contributed by atoms with E-state index in [2.05, 4.69) is 60.2 Å². The highest BCUT2D eigenvalue weighted by atomic mass is 15.2. The van der Waals surface area contributed by atoms with Crippen LogP contribution in [0.1, 0.15) is 49.4 Å². The fourth-order valence-electron chi connectivity index (χ4n) is 3.49. The number of aryl methyl sites for hydroxylation is 2. The van der Waals surface area contributed by atoms with Crippen molar-refractivity contribution in [3.05, 3.63) is 41.1 Å². The number of benzene rings is 1. The Morgan fingerprint density at radius 1 is 1.17 bits per heavy atom. The molecule has 1 aliphatic rings. The molecule has 0 bridgehead atoms. The lowest BCUT2D eigenvalue weighted by Gasteiger charge is -2.36. The molecule has 2 heterocycles. The van der Waals surface area contributed by atoms with Crippen molar-refractivity contribution in [2.24, 2.45) is 0 Å².